The highest BCUT2D eigenvalue weighted by Crippen LogP contribution is 2.28. The van der Waals surface area contributed by atoms with Gasteiger partial charge in [0.05, 0.1) is 13.3 Å². The van der Waals surface area contributed by atoms with Crippen LogP contribution in [0.4, 0.5) is 8.78 Å². The van der Waals surface area contributed by atoms with Gasteiger partial charge >= 0.3 is 0 Å². The van der Waals surface area contributed by atoms with Crippen molar-refractivity contribution in [3.8, 4) is 5.75 Å². The van der Waals surface area contributed by atoms with Crippen LogP contribution in [0, 0.1) is 0 Å². The van der Waals surface area contributed by atoms with Crippen LogP contribution in [0.1, 0.15) is 25.1 Å². The second-order valence-corrected chi connectivity index (χ2v) is 3.30. The molecular weight excluding hydrogens is 218 g/mol. The first-order chi connectivity index (χ1) is 7.65. The quantitative estimate of drug-likeness (QED) is 0.571. The summed E-state index contributed by atoms with van der Waals surface area (Å²) in [5, 5.41) is 3.99. The zero-order valence-corrected chi connectivity index (χ0v) is 9.28. The Morgan fingerprint density at radius 1 is 1.62 bits per heavy atom. The monoisotopic (exact) mass is 234 g/mol. The largest absolute Gasteiger partial charge is 0.493 e. The van der Waals surface area contributed by atoms with Gasteiger partial charge in [-0.05, 0) is 6.42 Å². The zero-order valence-electron chi connectivity index (χ0n) is 9.28. The average molecular weight is 234 g/mol. The van der Waals surface area contributed by atoms with E-state index in [1.165, 1.54) is 18.0 Å². The van der Waals surface area contributed by atoms with Gasteiger partial charge in [0, 0.05) is 6.54 Å². The van der Waals surface area contributed by atoms with Gasteiger partial charge in [-0.15, -0.1) is 0 Å². The number of ether oxygens (including phenoxy) is 1. The summed E-state index contributed by atoms with van der Waals surface area (Å²) in [6.45, 7) is 2.48. The number of alkyl halides is 2. The van der Waals surface area contributed by atoms with Crippen molar-refractivity contribution >= 4 is 0 Å². The Morgan fingerprint density at radius 2 is 2.31 bits per heavy atom. The van der Waals surface area contributed by atoms with Gasteiger partial charge in [0.15, 0.2) is 5.75 Å². The predicted octanol–water partition coefficient (Wildman–Crippen LogP) is 1.07. The molecule has 0 aromatic carbocycles. The van der Waals surface area contributed by atoms with E-state index in [0.717, 1.165) is 6.42 Å². The third-order valence-corrected chi connectivity index (χ3v) is 2.23. The fourth-order valence-corrected chi connectivity index (χ4v) is 1.51. The third-order valence-electron chi connectivity index (χ3n) is 2.23. The van der Waals surface area contributed by atoms with Gasteiger partial charge < -0.3 is 4.74 Å². The minimum absolute atomic E-state index is 0.279. The molecule has 5 nitrogen and oxygen atoms in total. The Labute approximate surface area is 92.5 Å². The topological polar surface area (TPSA) is 65.1 Å². The Kier molecular flexibility index (Phi) is 4.63. The van der Waals surface area contributed by atoms with Crippen molar-refractivity contribution in [1.82, 2.24) is 15.2 Å². The number of hydrogen-bond acceptors (Lipinski definition) is 4. The van der Waals surface area contributed by atoms with Gasteiger partial charge in [-0.3, -0.25) is 10.5 Å². The number of nitrogens with one attached hydrogen (secondary N) is 1. The summed E-state index contributed by atoms with van der Waals surface area (Å²) in [5.74, 6) is 5.44. The Balaban J connectivity index is 3.09. The molecule has 1 aromatic rings. The first-order valence-corrected chi connectivity index (χ1v) is 4.99. The van der Waals surface area contributed by atoms with Crippen molar-refractivity contribution in [1.29, 1.82) is 0 Å². The number of hydrazine groups is 1. The van der Waals surface area contributed by atoms with Gasteiger partial charge in [0.2, 0.25) is 0 Å². The summed E-state index contributed by atoms with van der Waals surface area (Å²) in [5.41, 5.74) is 2.37. The molecule has 3 N–H and O–H groups in total. The van der Waals surface area contributed by atoms with Gasteiger partial charge in [0.1, 0.15) is 11.7 Å². The minimum Gasteiger partial charge on any atom is -0.493 e. The lowest BCUT2D eigenvalue weighted by atomic mass is 10.2. The summed E-state index contributed by atoms with van der Waals surface area (Å²) in [6.07, 6.45) is -0.415. The molecule has 0 aliphatic rings. The summed E-state index contributed by atoms with van der Waals surface area (Å²) >= 11 is 0. The fraction of sp³-hybridized carbons (Fsp3) is 0.667. The van der Waals surface area contributed by atoms with E-state index in [1.807, 2.05) is 6.92 Å². The summed E-state index contributed by atoms with van der Waals surface area (Å²) in [7, 11) is 1.41. The molecule has 1 unspecified atom stereocenters. The summed E-state index contributed by atoms with van der Waals surface area (Å²) < 4.78 is 32.0. The first-order valence-electron chi connectivity index (χ1n) is 4.99. The van der Waals surface area contributed by atoms with Crippen LogP contribution in [0.15, 0.2) is 6.20 Å². The van der Waals surface area contributed by atoms with E-state index in [4.69, 9.17) is 10.6 Å². The van der Waals surface area contributed by atoms with Gasteiger partial charge in [-0.1, -0.05) is 6.92 Å². The number of methoxy groups -OCH3 is 1. The number of aryl methyl sites for hydroxylation is 1. The average Bonchev–Trinajstić information content (AvgIpc) is 2.63. The summed E-state index contributed by atoms with van der Waals surface area (Å²) in [4.78, 5) is 0. The highest BCUT2D eigenvalue weighted by Gasteiger charge is 2.28. The lowest BCUT2D eigenvalue weighted by Crippen LogP contribution is -2.35. The standard InChI is InChI=1S/C9H16F2N4O/c1-3-4-15-8(6(16-2)5-13-15)7(14-12)9(10)11/h5,7,9,14H,3-4,12H2,1-2H3. The number of nitrogens with two attached hydrogens (primary N) is 1. The Hall–Kier alpha value is -1.21. The zero-order chi connectivity index (χ0) is 12.1. The molecule has 0 amide bonds. The van der Waals surface area contributed by atoms with Crippen molar-refractivity contribution in [2.24, 2.45) is 5.84 Å². The molecule has 0 saturated carbocycles. The van der Waals surface area contributed by atoms with E-state index in [1.54, 1.807) is 0 Å². The molecule has 0 fully saturated rings. The lowest BCUT2D eigenvalue weighted by molar-refractivity contribution is 0.0929. The summed E-state index contributed by atoms with van der Waals surface area (Å²) in [6, 6.07) is -1.27. The van der Waals surface area contributed by atoms with Crippen LogP contribution >= 0.6 is 0 Å². The molecule has 0 aliphatic heterocycles. The van der Waals surface area contributed by atoms with Crippen molar-refractivity contribution < 1.29 is 13.5 Å². The molecule has 0 radical (unpaired) electrons. The molecule has 1 heterocycles. The Bertz CT molecular complexity index is 329. The smallest absolute Gasteiger partial charge is 0.260 e. The van der Waals surface area contributed by atoms with Crippen molar-refractivity contribution in [3.05, 3.63) is 11.9 Å². The molecule has 7 heteroatoms. The fourth-order valence-electron chi connectivity index (χ4n) is 1.51. The van der Waals surface area contributed by atoms with Crippen LogP contribution in [0.25, 0.3) is 0 Å². The van der Waals surface area contributed by atoms with Gasteiger partial charge in [-0.25, -0.2) is 14.2 Å². The molecule has 0 bridgehead atoms. The second-order valence-electron chi connectivity index (χ2n) is 3.30. The predicted molar refractivity (Wildman–Crippen MR) is 55.1 cm³/mol. The third kappa shape index (κ3) is 2.48. The van der Waals surface area contributed by atoms with Crippen LogP contribution in [0.2, 0.25) is 0 Å². The lowest BCUT2D eigenvalue weighted by Gasteiger charge is -2.17. The maximum Gasteiger partial charge on any atom is 0.260 e. The van der Waals surface area contributed by atoms with Gasteiger partial charge in [0.25, 0.3) is 6.43 Å². The second kappa shape index (κ2) is 5.76. The van der Waals surface area contributed by atoms with E-state index in [-0.39, 0.29) is 5.69 Å². The molecule has 0 aliphatic carbocycles. The van der Waals surface area contributed by atoms with E-state index < -0.39 is 12.5 Å². The molecule has 1 rings (SSSR count). The maximum absolute atomic E-state index is 12.8. The number of rotatable bonds is 6. The van der Waals surface area contributed by atoms with E-state index in [9.17, 15) is 8.78 Å². The van der Waals surface area contributed by atoms with E-state index in [0.29, 0.717) is 12.3 Å². The van der Waals surface area contributed by atoms with Crippen LogP contribution in [0.5, 0.6) is 5.75 Å². The first kappa shape index (κ1) is 12.9. The molecule has 1 aromatic heterocycles. The van der Waals surface area contributed by atoms with Crippen LogP contribution < -0.4 is 16.0 Å². The number of aromatic nitrogens is 2. The highest BCUT2D eigenvalue weighted by atomic mass is 19.3. The number of halogens is 2. The molecular formula is C9H16F2N4O. The van der Waals surface area contributed by atoms with Gasteiger partial charge in [-0.2, -0.15) is 5.10 Å². The molecule has 92 valence electrons. The number of hydrogen-bond donors (Lipinski definition) is 2. The maximum atomic E-state index is 12.8. The van der Waals surface area contributed by atoms with E-state index >= 15 is 0 Å². The van der Waals surface area contributed by atoms with Crippen LogP contribution in [0.3, 0.4) is 0 Å². The molecule has 16 heavy (non-hydrogen) atoms. The SMILES string of the molecule is CCCn1ncc(OC)c1C(NN)C(F)F. The van der Waals surface area contributed by atoms with Crippen LogP contribution in [-0.2, 0) is 6.54 Å². The van der Waals surface area contributed by atoms with Crippen LogP contribution in [-0.4, -0.2) is 23.3 Å². The van der Waals surface area contributed by atoms with Crippen molar-refractivity contribution in [3.63, 3.8) is 0 Å². The Morgan fingerprint density at radius 3 is 2.75 bits per heavy atom. The van der Waals surface area contributed by atoms with Crippen molar-refractivity contribution in [2.75, 3.05) is 7.11 Å². The molecule has 0 spiro atoms. The van der Waals surface area contributed by atoms with E-state index in [2.05, 4.69) is 10.5 Å². The molecule has 1 atom stereocenters. The number of nitrogens with zero attached hydrogens (tertiary/aromatic N) is 2. The molecule has 0 saturated heterocycles. The highest BCUT2D eigenvalue weighted by molar-refractivity contribution is 5.28. The normalized spacial score (nSPS) is 13.1. The minimum atomic E-state index is -2.62. The van der Waals surface area contributed by atoms with Crippen molar-refractivity contribution in [2.45, 2.75) is 32.4 Å².